The third kappa shape index (κ3) is 3.69. The van der Waals surface area contributed by atoms with Crippen molar-refractivity contribution < 1.29 is 4.39 Å². The Balaban J connectivity index is 2.25. The summed E-state index contributed by atoms with van der Waals surface area (Å²) in [7, 11) is 0. The number of nitrogens with two attached hydrogens (primary N) is 1. The van der Waals surface area contributed by atoms with Crippen molar-refractivity contribution in [1.29, 1.82) is 0 Å². The Bertz CT molecular complexity index is 604. The smallest absolute Gasteiger partial charge is 0.129 e. The summed E-state index contributed by atoms with van der Waals surface area (Å²) in [5.41, 5.74) is 7.31. The predicted molar refractivity (Wildman–Crippen MR) is 81.2 cm³/mol. The zero-order valence-corrected chi connectivity index (χ0v) is 12.9. The number of hydrogen-bond acceptors (Lipinski definition) is 1. The monoisotopic (exact) mass is 361 g/mol. The Kier molecular flexibility index (Phi) is 4.85. The van der Waals surface area contributed by atoms with Crippen LogP contribution in [0, 0.1) is 5.82 Å². The first-order valence-electron chi connectivity index (χ1n) is 5.62. The van der Waals surface area contributed by atoms with Gasteiger partial charge in [-0.05, 0) is 42.3 Å². The first-order chi connectivity index (χ1) is 8.97. The van der Waals surface area contributed by atoms with Gasteiger partial charge in [0.05, 0.1) is 0 Å². The van der Waals surface area contributed by atoms with Crippen LogP contribution in [0.3, 0.4) is 0 Å². The minimum Gasteiger partial charge on any atom is -0.324 e. The maximum Gasteiger partial charge on any atom is 0.129 e. The summed E-state index contributed by atoms with van der Waals surface area (Å²) in [5, 5.41) is 1.17. The lowest BCUT2D eigenvalue weighted by Gasteiger charge is -2.14. The molecule has 2 aromatic carbocycles. The van der Waals surface area contributed by atoms with Crippen LogP contribution in [0.1, 0.15) is 17.2 Å². The molecular formula is C14H11BrCl2FN. The highest BCUT2D eigenvalue weighted by atomic mass is 79.9. The quantitative estimate of drug-likeness (QED) is 0.803. The van der Waals surface area contributed by atoms with Crippen LogP contribution in [-0.2, 0) is 6.42 Å². The van der Waals surface area contributed by atoms with Crippen molar-refractivity contribution in [2.75, 3.05) is 0 Å². The van der Waals surface area contributed by atoms with Crippen LogP contribution >= 0.6 is 39.1 Å². The Morgan fingerprint density at radius 2 is 1.89 bits per heavy atom. The van der Waals surface area contributed by atoms with E-state index in [1.807, 2.05) is 0 Å². The van der Waals surface area contributed by atoms with Crippen LogP contribution in [-0.4, -0.2) is 0 Å². The summed E-state index contributed by atoms with van der Waals surface area (Å²) in [6.45, 7) is 0. The molecule has 0 spiro atoms. The third-order valence-corrected chi connectivity index (χ3v) is 3.91. The number of halogens is 4. The summed E-state index contributed by atoms with van der Waals surface area (Å²) in [6, 6.07) is 9.53. The van der Waals surface area contributed by atoms with E-state index in [4.69, 9.17) is 28.9 Å². The summed E-state index contributed by atoms with van der Waals surface area (Å²) in [6.07, 6.45) is 0.429. The number of benzene rings is 2. The third-order valence-electron chi connectivity index (χ3n) is 2.81. The maximum atomic E-state index is 13.8. The van der Waals surface area contributed by atoms with Gasteiger partial charge in [0.15, 0.2) is 0 Å². The van der Waals surface area contributed by atoms with Crippen molar-refractivity contribution in [3.8, 4) is 0 Å². The van der Waals surface area contributed by atoms with Crippen LogP contribution in [0.15, 0.2) is 40.9 Å². The van der Waals surface area contributed by atoms with Crippen molar-refractivity contribution in [2.45, 2.75) is 12.5 Å². The molecule has 5 heteroatoms. The lowest BCUT2D eigenvalue weighted by molar-refractivity contribution is 0.579. The van der Waals surface area contributed by atoms with E-state index in [0.717, 1.165) is 5.56 Å². The summed E-state index contributed by atoms with van der Waals surface area (Å²) >= 11 is 15.2. The fourth-order valence-electron chi connectivity index (χ4n) is 1.85. The molecule has 0 aliphatic rings. The summed E-state index contributed by atoms with van der Waals surface area (Å²) < 4.78 is 14.5. The van der Waals surface area contributed by atoms with Gasteiger partial charge in [0.25, 0.3) is 0 Å². The Morgan fingerprint density at radius 1 is 1.16 bits per heavy atom. The molecule has 0 aliphatic heterocycles. The lowest BCUT2D eigenvalue weighted by Crippen LogP contribution is -2.15. The van der Waals surface area contributed by atoms with Crippen LogP contribution in [0.5, 0.6) is 0 Å². The van der Waals surface area contributed by atoms with E-state index < -0.39 is 6.04 Å². The molecular weight excluding hydrogens is 352 g/mol. The van der Waals surface area contributed by atoms with Gasteiger partial charge in [0.2, 0.25) is 0 Å². The van der Waals surface area contributed by atoms with E-state index in [1.165, 1.54) is 6.07 Å². The molecule has 0 saturated heterocycles. The molecule has 0 bridgehead atoms. The van der Waals surface area contributed by atoms with E-state index in [9.17, 15) is 4.39 Å². The van der Waals surface area contributed by atoms with Crippen LogP contribution in [0.2, 0.25) is 10.0 Å². The summed E-state index contributed by atoms with van der Waals surface area (Å²) in [5.74, 6) is -0.333. The van der Waals surface area contributed by atoms with Crippen molar-refractivity contribution in [3.05, 3.63) is 67.9 Å². The molecule has 2 aromatic rings. The van der Waals surface area contributed by atoms with E-state index in [1.54, 1.807) is 30.3 Å². The van der Waals surface area contributed by atoms with Crippen molar-refractivity contribution in [2.24, 2.45) is 5.73 Å². The van der Waals surface area contributed by atoms with Gasteiger partial charge in [-0.3, -0.25) is 0 Å². The molecule has 2 N–H and O–H groups in total. The molecule has 1 nitrogen and oxygen atoms in total. The standard InChI is InChI=1S/C14H11BrCl2FN/c15-9-1-3-11(13(18)7-9)14(19)6-8-5-10(16)2-4-12(8)17/h1-5,7,14H,6,19H2. The average molecular weight is 363 g/mol. The highest BCUT2D eigenvalue weighted by Gasteiger charge is 2.14. The highest BCUT2D eigenvalue weighted by molar-refractivity contribution is 9.10. The Morgan fingerprint density at radius 3 is 2.58 bits per heavy atom. The molecule has 100 valence electrons. The van der Waals surface area contributed by atoms with Crippen LogP contribution in [0.25, 0.3) is 0 Å². The van der Waals surface area contributed by atoms with Gasteiger partial charge in [-0.2, -0.15) is 0 Å². The molecule has 1 unspecified atom stereocenters. The molecule has 0 aliphatic carbocycles. The summed E-state index contributed by atoms with van der Waals surface area (Å²) in [4.78, 5) is 0. The molecule has 0 saturated carbocycles. The molecule has 2 rings (SSSR count). The van der Waals surface area contributed by atoms with Gasteiger partial charge in [-0.25, -0.2) is 4.39 Å². The average Bonchev–Trinajstić information content (AvgIpc) is 2.33. The van der Waals surface area contributed by atoms with Gasteiger partial charge in [-0.15, -0.1) is 0 Å². The van der Waals surface area contributed by atoms with Crippen molar-refractivity contribution in [1.82, 2.24) is 0 Å². The van der Waals surface area contributed by atoms with E-state index in [-0.39, 0.29) is 5.82 Å². The van der Waals surface area contributed by atoms with Gasteiger partial charge in [0, 0.05) is 26.1 Å². The van der Waals surface area contributed by atoms with E-state index in [0.29, 0.717) is 26.5 Å². The minimum atomic E-state index is -0.468. The van der Waals surface area contributed by atoms with E-state index in [2.05, 4.69) is 15.9 Å². The topological polar surface area (TPSA) is 26.0 Å². The molecule has 1 atom stereocenters. The second kappa shape index (κ2) is 6.23. The zero-order valence-electron chi connectivity index (χ0n) is 9.84. The van der Waals surface area contributed by atoms with Gasteiger partial charge >= 0.3 is 0 Å². The number of hydrogen-bond donors (Lipinski definition) is 1. The van der Waals surface area contributed by atoms with Crippen LogP contribution in [0.4, 0.5) is 4.39 Å². The number of rotatable bonds is 3. The molecule has 0 aromatic heterocycles. The van der Waals surface area contributed by atoms with Crippen molar-refractivity contribution in [3.63, 3.8) is 0 Å². The fourth-order valence-corrected chi connectivity index (χ4v) is 2.57. The second-order valence-electron chi connectivity index (χ2n) is 4.21. The largest absolute Gasteiger partial charge is 0.324 e. The normalized spacial score (nSPS) is 12.5. The molecule has 0 heterocycles. The van der Waals surface area contributed by atoms with Gasteiger partial charge < -0.3 is 5.73 Å². The first-order valence-corrected chi connectivity index (χ1v) is 7.16. The predicted octanol–water partition coefficient (Wildman–Crippen LogP) is 5.14. The fraction of sp³-hybridized carbons (Fsp3) is 0.143. The maximum absolute atomic E-state index is 13.8. The molecule has 0 radical (unpaired) electrons. The molecule has 0 fully saturated rings. The SMILES string of the molecule is NC(Cc1cc(Cl)ccc1Cl)c1ccc(Br)cc1F. The lowest BCUT2D eigenvalue weighted by atomic mass is 9.99. The zero-order chi connectivity index (χ0) is 14.0. The van der Waals surface area contributed by atoms with Gasteiger partial charge in [-0.1, -0.05) is 45.2 Å². The molecule has 0 amide bonds. The first kappa shape index (κ1) is 14.8. The minimum absolute atomic E-state index is 0.333. The van der Waals surface area contributed by atoms with Gasteiger partial charge in [0.1, 0.15) is 5.82 Å². The van der Waals surface area contributed by atoms with E-state index >= 15 is 0 Å². The highest BCUT2D eigenvalue weighted by Crippen LogP contribution is 2.27. The van der Waals surface area contributed by atoms with Crippen LogP contribution < -0.4 is 5.73 Å². The Labute approximate surface area is 129 Å². The second-order valence-corrected chi connectivity index (χ2v) is 5.97. The van der Waals surface area contributed by atoms with Crippen molar-refractivity contribution >= 4 is 39.1 Å². The molecule has 19 heavy (non-hydrogen) atoms. The Hall–Kier alpha value is -0.610.